The van der Waals surface area contributed by atoms with E-state index in [0.29, 0.717) is 12.2 Å². The molecule has 0 spiro atoms. The van der Waals surface area contributed by atoms with Crippen LogP contribution in [0.4, 0.5) is 0 Å². The Hall–Kier alpha value is 0.170. The summed E-state index contributed by atoms with van der Waals surface area (Å²) in [6, 6.07) is 0. The summed E-state index contributed by atoms with van der Waals surface area (Å²) in [5.74, 6) is 0.907. The van der Waals surface area contributed by atoms with Gasteiger partial charge < -0.3 is 10.1 Å². The average Bonchev–Trinajstić information content (AvgIpc) is 2.29. The first-order valence-electron chi connectivity index (χ1n) is 6.86. The van der Waals surface area contributed by atoms with Crippen molar-refractivity contribution in [1.29, 1.82) is 0 Å². The van der Waals surface area contributed by atoms with Crippen LogP contribution in [-0.4, -0.2) is 49.8 Å². The summed E-state index contributed by atoms with van der Waals surface area (Å²) >= 11 is 0. The smallest absolute Gasteiger partial charge is 0.0703 e. The van der Waals surface area contributed by atoms with Crippen LogP contribution in [0, 0.1) is 5.92 Å². The number of ether oxygens (including phenoxy) is 1. The van der Waals surface area contributed by atoms with Gasteiger partial charge in [0.15, 0.2) is 0 Å². The largest absolute Gasteiger partial charge is 0.373 e. The number of nitrogens with zero attached hydrogens (tertiary/aromatic N) is 1. The molecule has 3 nitrogen and oxygen atoms in total. The lowest BCUT2D eigenvalue weighted by Crippen LogP contribution is -2.48. The van der Waals surface area contributed by atoms with E-state index in [2.05, 4.69) is 24.1 Å². The zero-order chi connectivity index (χ0) is 11.4. The Morgan fingerprint density at radius 3 is 2.59 bits per heavy atom. The Morgan fingerprint density at radius 2 is 1.94 bits per heavy atom. The Labute approximate surface area is 112 Å². The number of rotatable bonds is 3. The first-order chi connectivity index (χ1) is 7.78. The van der Waals surface area contributed by atoms with Gasteiger partial charge in [-0.1, -0.05) is 6.92 Å². The monoisotopic (exact) mass is 262 g/mol. The molecule has 2 unspecified atom stereocenters. The molecule has 17 heavy (non-hydrogen) atoms. The van der Waals surface area contributed by atoms with Gasteiger partial charge in [0.1, 0.15) is 0 Å². The Kier molecular flexibility index (Phi) is 6.78. The second-order valence-electron chi connectivity index (χ2n) is 5.39. The van der Waals surface area contributed by atoms with E-state index in [-0.39, 0.29) is 12.4 Å². The molecule has 1 N–H and O–H groups in total. The number of hydrogen-bond donors (Lipinski definition) is 1. The average molecular weight is 263 g/mol. The predicted molar refractivity (Wildman–Crippen MR) is 73.9 cm³/mol. The number of hydrogen-bond acceptors (Lipinski definition) is 3. The molecular formula is C13H27ClN2O. The second-order valence-corrected chi connectivity index (χ2v) is 5.39. The SMILES string of the molecule is CCC1CN(CC2CCNCC2)CC(C)O1.Cl. The van der Waals surface area contributed by atoms with Crippen molar-refractivity contribution in [3.8, 4) is 0 Å². The van der Waals surface area contributed by atoms with E-state index in [4.69, 9.17) is 4.74 Å². The Balaban J connectivity index is 0.00000144. The summed E-state index contributed by atoms with van der Waals surface area (Å²) in [5, 5.41) is 3.44. The van der Waals surface area contributed by atoms with E-state index in [0.717, 1.165) is 25.4 Å². The van der Waals surface area contributed by atoms with Gasteiger partial charge in [-0.05, 0) is 45.2 Å². The fraction of sp³-hybridized carbons (Fsp3) is 1.00. The van der Waals surface area contributed by atoms with Crippen LogP contribution >= 0.6 is 12.4 Å². The summed E-state index contributed by atoms with van der Waals surface area (Å²) in [6.07, 6.45) is 4.73. The quantitative estimate of drug-likeness (QED) is 0.841. The highest BCUT2D eigenvalue weighted by Crippen LogP contribution is 2.18. The first kappa shape index (κ1) is 15.2. The zero-order valence-electron chi connectivity index (χ0n) is 11.2. The molecule has 2 heterocycles. The van der Waals surface area contributed by atoms with Crippen LogP contribution in [0.25, 0.3) is 0 Å². The van der Waals surface area contributed by atoms with Gasteiger partial charge in [0.25, 0.3) is 0 Å². The minimum atomic E-state index is 0. The van der Waals surface area contributed by atoms with Crippen molar-refractivity contribution >= 4 is 12.4 Å². The summed E-state index contributed by atoms with van der Waals surface area (Å²) in [7, 11) is 0. The molecule has 102 valence electrons. The molecule has 0 radical (unpaired) electrons. The lowest BCUT2D eigenvalue weighted by Gasteiger charge is -2.39. The van der Waals surface area contributed by atoms with Gasteiger partial charge in [-0.25, -0.2) is 0 Å². The van der Waals surface area contributed by atoms with Crippen molar-refractivity contribution < 1.29 is 4.74 Å². The third kappa shape index (κ3) is 4.74. The topological polar surface area (TPSA) is 24.5 Å². The molecule has 2 atom stereocenters. The lowest BCUT2D eigenvalue weighted by molar-refractivity contribution is -0.0816. The van der Waals surface area contributed by atoms with E-state index in [1.54, 1.807) is 0 Å². The van der Waals surface area contributed by atoms with Crippen LogP contribution in [0.5, 0.6) is 0 Å². The van der Waals surface area contributed by atoms with Crippen molar-refractivity contribution in [2.45, 2.75) is 45.3 Å². The van der Waals surface area contributed by atoms with Crippen molar-refractivity contribution in [3.05, 3.63) is 0 Å². The summed E-state index contributed by atoms with van der Waals surface area (Å²) in [4.78, 5) is 2.62. The van der Waals surface area contributed by atoms with Gasteiger partial charge in [0.2, 0.25) is 0 Å². The van der Waals surface area contributed by atoms with Crippen LogP contribution in [0.3, 0.4) is 0 Å². The summed E-state index contributed by atoms with van der Waals surface area (Å²) in [6.45, 7) is 10.4. The maximum absolute atomic E-state index is 5.90. The van der Waals surface area contributed by atoms with E-state index in [1.807, 2.05) is 0 Å². The zero-order valence-corrected chi connectivity index (χ0v) is 12.0. The van der Waals surface area contributed by atoms with Gasteiger partial charge in [0.05, 0.1) is 12.2 Å². The molecule has 0 amide bonds. The van der Waals surface area contributed by atoms with Crippen molar-refractivity contribution in [1.82, 2.24) is 10.2 Å². The van der Waals surface area contributed by atoms with E-state index in [9.17, 15) is 0 Å². The maximum atomic E-state index is 5.90. The van der Waals surface area contributed by atoms with E-state index >= 15 is 0 Å². The highest BCUT2D eigenvalue weighted by molar-refractivity contribution is 5.85. The third-order valence-corrected chi connectivity index (χ3v) is 3.83. The Bertz CT molecular complexity index is 210. The van der Waals surface area contributed by atoms with Gasteiger partial charge in [-0.3, -0.25) is 4.90 Å². The molecule has 2 aliphatic rings. The van der Waals surface area contributed by atoms with Gasteiger partial charge >= 0.3 is 0 Å². The molecular weight excluding hydrogens is 236 g/mol. The highest BCUT2D eigenvalue weighted by Gasteiger charge is 2.26. The maximum Gasteiger partial charge on any atom is 0.0703 e. The lowest BCUT2D eigenvalue weighted by atomic mass is 9.97. The fourth-order valence-electron chi connectivity index (χ4n) is 2.94. The van der Waals surface area contributed by atoms with Crippen LogP contribution in [0.1, 0.15) is 33.1 Å². The fourth-order valence-corrected chi connectivity index (χ4v) is 2.94. The predicted octanol–water partition coefficient (Wildman–Crippen LogP) is 1.91. The number of morpholine rings is 1. The standard InChI is InChI=1S/C13H26N2O.ClH/c1-3-13-10-15(8-11(2)16-13)9-12-4-6-14-7-5-12;/h11-14H,3-10H2,1-2H3;1H. The summed E-state index contributed by atoms with van der Waals surface area (Å²) in [5.41, 5.74) is 0. The normalized spacial score (nSPS) is 32.1. The minimum Gasteiger partial charge on any atom is -0.373 e. The molecule has 4 heteroatoms. The second kappa shape index (κ2) is 7.57. The van der Waals surface area contributed by atoms with Crippen molar-refractivity contribution in [2.75, 3.05) is 32.7 Å². The molecule has 0 aliphatic carbocycles. The number of piperidine rings is 1. The van der Waals surface area contributed by atoms with Gasteiger partial charge in [-0.15, -0.1) is 12.4 Å². The Morgan fingerprint density at radius 1 is 1.24 bits per heavy atom. The number of halogens is 1. The van der Waals surface area contributed by atoms with Gasteiger partial charge in [0, 0.05) is 19.6 Å². The van der Waals surface area contributed by atoms with Gasteiger partial charge in [-0.2, -0.15) is 0 Å². The van der Waals surface area contributed by atoms with Crippen LogP contribution in [0.2, 0.25) is 0 Å². The van der Waals surface area contributed by atoms with E-state index < -0.39 is 0 Å². The number of nitrogens with one attached hydrogen (secondary N) is 1. The first-order valence-corrected chi connectivity index (χ1v) is 6.86. The van der Waals surface area contributed by atoms with Crippen molar-refractivity contribution in [2.24, 2.45) is 5.92 Å². The molecule has 0 aromatic heterocycles. The van der Waals surface area contributed by atoms with Crippen molar-refractivity contribution in [3.63, 3.8) is 0 Å². The molecule has 2 aliphatic heterocycles. The molecule has 0 aromatic rings. The third-order valence-electron chi connectivity index (χ3n) is 3.83. The molecule has 2 rings (SSSR count). The summed E-state index contributed by atoms with van der Waals surface area (Å²) < 4.78 is 5.90. The molecule has 2 fully saturated rings. The van der Waals surface area contributed by atoms with Crippen LogP contribution in [0.15, 0.2) is 0 Å². The molecule has 0 aromatic carbocycles. The van der Waals surface area contributed by atoms with Crippen LogP contribution in [-0.2, 0) is 4.74 Å². The molecule has 0 bridgehead atoms. The van der Waals surface area contributed by atoms with Crippen LogP contribution < -0.4 is 5.32 Å². The van der Waals surface area contributed by atoms with E-state index in [1.165, 1.54) is 32.5 Å². The highest BCUT2D eigenvalue weighted by atomic mass is 35.5. The molecule has 0 saturated carbocycles. The molecule has 2 saturated heterocycles. The minimum absolute atomic E-state index is 0.